The molecule has 12 heteroatoms. The molecule has 0 spiro atoms. The highest BCUT2D eigenvalue weighted by Gasteiger charge is 2.28. The van der Waals surface area contributed by atoms with E-state index in [2.05, 4.69) is 22.1 Å². The van der Waals surface area contributed by atoms with Gasteiger partial charge in [-0.25, -0.2) is 23.2 Å². The normalized spacial score (nSPS) is 11.8. The molecule has 206 valence electrons. The van der Waals surface area contributed by atoms with Gasteiger partial charge < -0.3 is 14.8 Å². The molecule has 0 aliphatic carbocycles. The average molecular weight is 555 g/mol. The summed E-state index contributed by atoms with van der Waals surface area (Å²) in [5, 5.41) is 4.18. The number of nitrogens with one attached hydrogen (secondary N) is 2. The highest BCUT2D eigenvalue weighted by atomic mass is 32.2. The summed E-state index contributed by atoms with van der Waals surface area (Å²) in [6.45, 7) is 10.7. The van der Waals surface area contributed by atoms with Crippen LogP contribution in [0.1, 0.15) is 72.4 Å². The van der Waals surface area contributed by atoms with Gasteiger partial charge in [0.2, 0.25) is 5.91 Å². The van der Waals surface area contributed by atoms with Gasteiger partial charge >= 0.3 is 6.09 Å². The third-order valence-electron chi connectivity index (χ3n) is 5.18. The molecule has 10 nitrogen and oxygen atoms in total. The zero-order valence-electron chi connectivity index (χ0n) is 22.6. The number of hydrogen-bond donors (Lipinski definition) is 2. The number of amides is 2. The van der Waals surface area contributed by atoms with E-state index in [1.807, 2.05) is 0 Å². The van der Waals surface area contributed by atoms with Crippen molar-refractivity contribution in [1.29, 1.82) is 0 Å². The Balaban J connectivity index is 2.30. The number of ether oxygens (including phenoxy) is 2. The number of methoxy groups -OCH3 is 1. The molecule has 0 radical (unpaired) electrons. The van der Waals surface area contributed by atoms with Crippen molar-refractivity contribution in [3.05, 3.63) is 23.9 Å². The maximum atomic E-state index is 13.3. The second kappa shape index (κ2) is 13.2. The largest absolute Gasteiger partial charge is 0.495 e. The number of thiazole rings is 1. The van der Waals surface area contributed by atoms with E-state index in [9.17, 15) is 18.0 Å². The molecule has 37 heavy (non-hydrogen) atoms. The molecule has 1 aromatic carbocycles. The van der Waals surface area contributed by atoms with Gasteiger partial charge in [-0.15, -0.1) is 4.83 Å². The minimum atomic E-state index is -4.22. The second-order valence-corrected chi connectivity index (χ2v) is 12.1. The van der Waals surface area contributed by atoms with Crippen LogP contribution in [0.4, 0.5) is 9.93 Å². The van der Waals surface area contributed by atoms with Crippen LogP contribution in [0.2, 0.25) is 0 Å². The molecule has 2 aromatic rings. The zero-order valence-corrected chi connectivity index (χ0v) is 24.3. The van der Waals surface area contributed by atoms with Gasteiger partial charge in [-0.3, -0.25) is 4.79 Å². The first kappa shape index (κ1) is 30.5. The van der Waals surface area contributed by atoms with Crippen molar-refractivity contribution < 1.29 is 27.5 Å². The number of carbonyl (C=O) groups excluding carboxylic acids is 2. The van der Waals surface area contributed by atoms with E-state index < -0.39 is 21.7 Å². The fourth-order valence-corrected chi connectivity index (χ4v) is 5.65. The number of rotatable bonds is 12. The number of anilines is 1. The van der Waals surface area contributed by atoms with Crippen molar-refractivity contribution in [1.82, 2.24) is 14.8 Å². The summed E-state index contributed by atoms with van der Waals surface area (Å²) in [7, 11) is -2.85. The minimum absolute atomic E-state index is 0.0472. The number of hydrogen-bond acceptors (Lipinski definition) is 8. The molecule has 0 saturated heterocycles. The molecule has 0 atom stereocenters. The highest BCUT2D eigenvalue weighted by Crippen LogP contribution is 2.36. The summed E-state index contributed by atoms with van der Waals surface area (Å²) in [5.74, 6) is 0.0136. The molecule has 0 aliphatic heterocycles. The Morgan fingerprint density at radius 3 is 2.43 bits per heavy atom. The lowest BCUT2D eigenvalue weighted by Gasteiger charge is -2.26. The molecule has 0 unspecified atom stereocenters. The van der Waals surface area contributed by atoms with Crippen molar-refractivity contribution >= 4 is 38.5 Å². The van der Waals surface area contributed by atoms with Crippen molar-refractivity contribution in [2.24, 2.45) is 0 Å². The van der Waals surface area contributed by atoms with Gasteiger partial charge in [0.05, 0.1) is 17.7 Å². The Labute approximate surface area is 223 Å². The number of aryl methyl sites for hydroxylation is 1. The quantitative estimate of drug-likeness (QED) is 0.262. The van der Waals surface area contributed by atoms with Gasteiger partial charge in [0, 0.05) is 13.0 Å². The molecule has 0 aliphatic rings. The monoisotopic (exact) mass is 554 g/mol. The van der Waals surface area contributed by atoms with E-state index in [-0.39, 0.29) is 23.1 Å². The predicted molar refractivity (Wildman–Crippen MR) is 145 cm³/mol. The number of unbranched alkanes of at least 4 members (excludes halogenated alkanes) is 3. The SMILES string of the molecule is CCCCCCC(=O)Nc1nc(C)c(-c2ccc(OC)c(S(=O)(=O)NN(CC)C(=O)OC(C)(C)C)c2)s1. The van der Waals surface area contributed by atoms with Crippen LogP contribution >= 0.6 is 11.3 Å². The van der Waals surface area contributed by atoms with Crippen LogP contribution in [0, 0.1) is 6.92 Å². The molecular formula is C25H38N4O6S2. The predicted octanol–water partition coefficient (Wildman–Crippen LogP) is 5.49. The topological polar surface area (TPSA) is 127 Å². The summed E-state index contributed by atoms with van der Waals surface area (Å²) >= 11 is 1.26. The van der Waals surface area contributed by atoms with Crippen LogP contribution in [0.15, 0.2) is 23.1 Å². The Bertz CT molecular complexity index is 1190. The van der Waals surface area contributed by atoms with Crippen molar-refractivity contribution in [2.75, 3.05) is 19.0 Å². The van der Waals surface area contributed by atoms with E-state index in [4.69, 9.17) is 9.47 Å². The summed E-state index contributed by atoms with van der Waals surface area (Å²) in [4.78, 5) is 32.1. The van der Waals surface area contributed by atoms with Gasteiger partial charge in [0.25, 0.3) is 10.0 Å². The lowest BCUT2D eigenvalue weighted by Crippen LogP contribution is -2.48. The maximum Gasteiger partial charge on any atom is 0.425 e. The van der Waals surface area contributed by atoms with E-state index >= 15 is 0 Å². The number of hydrazine groups is 1. The van der Waals surface area contributed by atoms with Crippen molar-refractivity contribution in [2.45, 2.75) is 84.1 Å². The Kier molecular flexibility index (Phi) is 10.9. The first-order valence-electron chi connectivity index (χ1n) is 12.3. The molecule has 0 saturated carbocycles. The van der Waals surface area contributed by atoms with E-state index in [1.165, 1.54) is 24.5 Å². The smallest absolute Gasteiger partial charge is 0.425 e. The molecule has 2 N–H and O–H groups in total. The standard InChI is InChI=1S/C25H38N4O6S2/c1-8-10-11-12-13-21(30)27-23-26-17(3)22(36-23)18-14-15-19(34-7)20(16-18)37(32,33)28-29(9-2)24(31)35-25(4,5)6/h14-16,28H,8-13H2,1-7H3,(H,26,27,30). The fourth-order valence-electron chi connectivity index (χ4n) is 3.38. The molecule has 0 bridgehead atoms. The third kappa shape index (κ3) is 8.97. The molecule has 1 heterocycles. The first-order chi connectivity index (χ1) is 17.3. The number of sulfonamides is 1. The molecular weight excluding hydrogens is 516 g/mol. The van der Waals surface area contributed by atoms with Gasteiger partial charge in [0.15, 0.2) is 5.13 Å². The number of carbonyl (C=O) groups is 2. The number of aromatic nitrogens is 1. The van der Waals surface area contributed by atoms with Crippen LogP contribution in [0.3, 0.4) is 0 Å². The average Bonchev–Trinajstić information content (AvgIpc) is 3.18. The summed E-state index contributed by atoms with van der Waals surface area (Å²) in [6, 6.07) is 4.72. The molecule has 2 rings (SSSR count). The lowest BCUT2D eigenvalue weighted by molar-refractivity contribution is -0.116. The molecule has 2 amide bonds. The molecule has 1 aromatic heterocycles. The van der Waals surface area contributed by atoms with Gasteiger partial charge in [0.1, 0.15) is 16.2 Å². The van der Waals surface area contributed by atoms with Gasteiger partial charge in [-0.2, -0.15) is 0 Å². The summed E-state index contributed by atoms with van der Waals surface area (Å²) < 4.78 is 37.2. The van der Waals surface area contributed by atoms with Crippen LogP contribution in [-0.4, -0.2) is 49.7 Å². The number of nitrogens with zero attached hydrogens (tertiary/aromatic N) is 2. The second-order valence-electron chi connectivity index (χ2n) is 9.48. The van der Waals surface area contributed by atoms with E-state index in [0.29, 0.717) is 27.7 Å². The minimum Gasteiger partial charge on any atom is -0.495 e. The highest BCUT2D eigenvalue weighted by molar-refractivity contribution is 7.89. The van der Waals surface area contributed by atoms with Crippen LogP contribution in [0.5, 0.6) is 5.75 Å². The van der Waals surface area contributed by atoms with E-state index in [1.54, 1.807) is 46.8 Å². The fraction of sp³-hybridized carbons (Fsp3) is 0.560. The Morgan fingerprint density at radius 1 is 1.14 bits per heavy atom. The molecule has 0 fully saturated rings. The van der Waals surface area contributed by atoms with Gasteiger partial charge in [-0.05, 0) is 64.8 Å². The zero-order chi connectivity index (χ0) is 27.8. The Hall–Kier alpha value is -2.70. The van der Waals surface area contributed by atoms with Crippen LogP contribution in [0.25, 0.3) is 10.4 Å². The summed E-state index contributed by atoms with van der Waals surface area (Å²) in [6.07, 6.45) is 3.63. The van der Waals surface area contributed by atoms with Crippen molar-refractivity contribution in [3.8, 4) is 16.2 Å². The van der Waals surface area contributed by atoms with Crippen LogP contribution < -0.4 is 14.9 Å². The first-order valence-corrected chi connectivity index (χ1v) is 14.6. The lowest BCUT2D eigenvalue weighted by atomic mass is 10.1. The summed E-state index contributed by atoms with van der Waals surface area (Å²) in [5.41, 5.74) is 0.441. The van der Waals surface area contributed by atoms with Crippen LogP contribution in [-0.2, 0) is 19.6 Å². The maximum absolute atomic E-state index is 13.3. The van der Waals surface area contributed by atoms with E-state index in [0.717, 1.165) is 30.7 Å². The third-order valence-corrected chi connectivity index (χ3v) is 7.66. The number of benzene rings is 1. The van der Waals surface area contributed by atoms with Crippen molar-refractivity contribution in [3.63, 3.8) is 0 Å². The van der Waals surface area contributed by atoms with Gasteiger partial charge in [-0.1, -0.05) is 37.5 Å². The Morgan fingerprint density at radius 2 is 1.84 bits per heavy atom.